The highest BCUT2D eigenvalue weighted by atomic mass is 16.8. The molecule has 0 N–H and O–H groups in total. The second-order valence-electron chi connectivity index (χ2n) is 7.09. The van der Waals surface area contributed by atoms with Gasteiger partial charge in [-0.2, -0.15) is 0 Å². The Labute approximate surface area is 135 Å². The summed E-state index contributed by atoms with van der Waals surface area (Å²) >= 11 is 0. The van der Waals surface area contributed by atoms with Gasteiger partial charge in [0.1, 0.15) is 18.3 Å². The molecule has 3 heterocycles. The van der Waals surface area contributed by atoms with Crippen LogP contribution in [0.2, 0.25) is 0 Å². The lowest BCUT2D eigenvalue weighted by molar-refractivity contribution is -0.243. The summed E-state index contributed by atoms with van der Waals surface area (Å²) in [5, 5.41) is 0. The second-order valence-corrected chi connectivity index (χ2v) is 7.09. The van der Waals surface area contributed by atoms with Crippen LogP contribution in [0.1, 0.15) is 34.6 Å². The zero-order chi connectivity index (χ0) is 17.0. The number of carbonyl (C=O) groups excluding carboxylic acids is 1. The average molecular weight is 328 g/mol. The van der Waals surface area contributed by atoms with E-state index in [1.54, 1.807) is 6.92 Å². The van der Waals surface area contributed by atoms with Crippen molar-refractivity contribution < 1.29 is 33.2 Å². The molecule has 0 saturated carbocycles. The molecule has 3 aliphatic rings. The average Bonchev–Trinajstić information content (AvgIpc) is 3.01. The van der Waals surface area contributed by atoms with Crippen molar-refractivity contribution in [2.24, 2.45) is 0 Å². The molecule has 3 aliphatic heterocycles. The number of carbonyl (C=O) groups is 1. The standard InChI is InChI=1S/C16H24O7/c1-8(2)13(17)20-14-12-11(22-16(5,6)23-12)10(19-14)9-7-18-15(3,4)21-9/h9-12,14H,1,7H2,2-6H3. The molecule has 3 rings (SSSR count). The SMILES string of the molecule is C=C(C)C(=O)OC1OC(C2COC(C)(C)O2)C2OC(C)(C)OC12. The number of hydrogen-bond acceptors (Lipinski definition) is 7. The summed E-state index contributed by atoms with van der Waals surface area (Å²) in [6, 6.07) is 0. The Bertz CT molecular complexity index is 513. The summed E-state index contributed by atoms with van der Waals surface area (Å²) in [7, 11) is 0. The Morgan fingerprint density at radius 2 is 1.70 bits per heavy atom. The molecule has 3 saturated heterocycles. The minimum absolute atomic E-state index is 0.299. The lowest BCUT2D eigenvalue weighted by Crippen LogP contribution is -2.40. The Morgan fingerprint density at radius 1 is 1.04 bits per heavy atom. The van der Waals surface area contributed by atoms with Gasteiger partial charge in [0.05, 0.1) is 6.61 Å². The van der Waals surface area contributed by atoms with Gasteiger partial charge in [0.15, 0.2) is 17.7 Å². The van der Waals surface area contributed by atoms with Gasteiger partial charge in [-0.25, -0.2) is 4.79 Å². The van der Waals surface area contributed by atoms with Crippen LogP contribution in [0.5, 0.6) is 0 Å². The zero-order valence-corrected chi connectivity index (χ0v) is 14.2. The second kappa shape index (κ2) is 5.53. The first-order valence-corrected chi connectivity index (χ1v) is 7.77. The van der Waals surface area contributed by atoms with Crippen molar-refractivity contribution >= 4 is 5.97 Å². The van der Waals surface area contributed by atoms with Crippen LogP contribution in [0.25, 0.3) is 0 Å². The summed E-state index contributed by atoms with van der Waals surface area (Å²) in [4.78, 5) is 11.8. The van der Waals surface area contributed by atoms with Crippen LogP contribution in [0, 0.1) is 0 Å². The molecule has 5 atom stereocenters. The van der Waals surface area contributed by atoms with Crippen molar-refractivity contribution in [2.45, 2.75) is 76.9 Å². The van der Waals surface area contributed by atoms with Gasteiger partial charge in [-0.3, -0.25) is 0 Å². The summed E-state index contributed by atoms with van der Waals surface area (Å²) in [6.07, 6.45) is -2.51. The molecule has 0 spiro atoms. The summed E-state index contributed by atoms with van der Waals surface area (Å²) in [5.41, 5.74) is 0.299. The van der Waals surface area contributed by atoms with Crippen molar-refractivity contribution in [3.05, 3.63) is 12.2 Å². The molecule has 0 radical (unpaired) electrons. The largest absolute Gasteiger partial charge is 0.429 e. The maximum atomic E-state index is 11.8. The third-order valence-corrected chi connectivity index (χ3v) is 4.02. The van der Waals surface area contributed by atoms with Crippen LogP contribution in [0.3, 0.4) is 0 Å². The lowest BCUT2D eigenvalue weighted by atomic mass is 10.1. The molecule has 3 fully saturated rings. The fourth-order valence-corrected chi connectivity index (χ4v) is 3.07. The van der Waals surface area contributed by atoms with Gasteiger partial charge >= 0.3 is 5.97 Å². The Morgan fingerprint density at radius 3 is 2.26 bits per heavy atom. The summed E-state index contributed by atoms with van der Waals surface area (Å²) in [6.45, 7) is 12.9. The highest BCUT2D eigenvalue weighted by Gasteiger charge is 2.60. The van der Waals surface area contributed by atoms with Crippen LogP contribution in [-0.4, -0.2) is 54.9 Å². The Balaban J connectivity index is 1.76. The van der Waals surface area contributed by atoms with Crippen LogP contribution < -0.4 is 0 Å². The topological polar surface area (TPSA) is 72.5 Å². The summed E-state index contributed by atoms with van der Waals surface area (Å²) in [5.74, 6) is -1.97. The molecule has 7 nitrogen and oxygen atoms in total. The number of esters is 1. The third kappa shape index (κ3) is 3.29. The Hall–Kier alpha value is -0.990. The molecule has 7 heteroatoms. The van der Waals surface area contributed by atoms with Crippen LogP contribution in [0.4, 0.5) is 0 Å². The van der Waals surface area contributed by atoms with Crippen molar-refractivity contribution in [1.29, 1.82) is 0 Å². The predicted molar refractivity (Wildman–Crippen MR) is 78.3 cm³/mol. The maximum absolute atomic E-state index is 11.8. The van der Waals surface area contributed by atoms with Crippen molar-refractivity contribution in [3.63, 3.8) is 0 Å². The molecule has 0 aromatic rings. The fraction of sp³-hybridized carbons (Fsp3) is 0.812. The van der Waals surface area contributed by atoms with E-state index in [2.05, 4.69) is 6.58 Å². The molecule has 0 aromatic heterocycles. The van der Waals surface area contributed by atoms with Crippen molar-refractivity contribution in [2.75, 3.05) is 6.61 Å². The fourth-order valence-electron chi connectivity index (χ4n) is 3.07. The molecule has 23 heavy (non-hydrogen) atoms. The first-order chi connectivity index (χ1) is 10.6. The first-order valence-electron chi connectivity index (χ1n) is 7.77. The van der Waals surface area contributed by atoms with E-state index in [-0.39, 0.29) is 6.10 Å². The number of rotatable bonds is 3. The maximum Gasteiger partial charge on any atom is 0.335 e. The molecule has 130 valence electrons. The molecule has 0 amide bonds. The van der Waals surface area contributed by atoms with E-state index in [0.29, 0.717) is 12.2 Å². The van der Waals surface area contributed by atoms with E-state index in [0.717, 1.165) is 0 Å². The highest BCUT2D eigenvalue weighted by Crippen LogP contribution is 2.42. The zero-order valence-electron chi connectivity index (χ0n) is 14.2. The van der Waals surface area contributed by atoms with Crippen LogP contribution in [-0.2, 0) is 33.2 Å². The van der Waals surface area contributed by atoms with Gasteiger partial charge in [-0.05, 0) is 34.6 Å². The van der Waals surface area contributed by atoms with E-state index >= 15 is 0 Å². The third-order valence-electron chi connectivity index (χ3n) is 4.02. The highest BCUT2D eigenvalue weighted by molar-refractivity contribution is 5.87. The molecule has 0 aromatic carbocycles. The molecular formula is C16H24O7. The van der Waals surface area contributed by atoms with Crippen LogP contribution in [0.15, 0.2) is 12.2 Å². The normalized spacial score (nSPS) is 40.8. The minimum Gasteiger partial charge on any atom is -0.429 e. The molecule has 0 bridgehead atoms. The number of fused-ring (bicyclic) bond motifs is 1. The smallest absolute Gasteiger partial charge is 0.335 e. The molecular weight excluding hydrogens is 304 g/mol. The van der Waals surface area contributed by atoms with Gasteiger partial charge in [0.25, 0.3) is 0 Å². The number of ether oxygens (including phenoxy) is 6. The van der Waals surface area contributed by atoms with E-state index in [4.69, 9.17) is 28.4 Å². The van der Waals surface area contributed by atoms with Crippen molar-refractivity contribution in [3.8, 4) is 0 Å². The van der Waals surface area contributed by atoms with E-state index in [9.17, 15) is 4.79 Å². The predicted octanol–water partition coefficient (Wildman–Crippen LogP) is 1.50. The quantitative estimate of drug-likeness (QED) is 0.574. The molecule has 5 unspecified atom stereocenters. The first kappa shape index (κ1) is 16.9. The van der Waals surface area contributed by atoms with E-state index in [1.807, 2.05) is 27.7 Å². The lowest BCUT2D eigenvalue weighted by Gasteiger charge is -2.26. The summed E-state index contributed by atoms with van der Waals surface area (Å²) < 4.78 is 34.5. The van der Waals surface area contributed by atoms with Crippen LogP contribution >= 0.6 is 0 Å². The molecule has 0 aliphatic carbocycles. The number of hydrogen-bond donors (Lipinski definition) is 0. The van der Waals surface area contributed by atoms with Gasteiger partial charge in [-0.15, -0.1) is 0 Å². The van der Waals surface area contributed by atoms with Gasteiger partial charge in [-0.1, -0.05) is 6.58 Å². The van der Waals surface area contributed by atoms with Gasteiger partial charge in [0, 0.05) is 5.57 Å². The van der Waals surface area contributed by atoms with Gasteiger partial charge in [0.2, 0.25) is 6.29 Å². The van der Waals surface area contributed by atoms with E-state index < -0.39 is 42.1 Å². The minimum atomic E-state index is -0.858. The van der Waals surface area contributed by atoms with Gasteiger partial charge < -0.3 is 28.4 Å². The van der Waals surface area contributed by atoms with E-state index in [1.165, 1.54) is 0 Å². The monoisotopic (exact) mass is 328 g/mol. The van der Waals surface area contributed by atoms with Crippen molar-refractivity contribution in [1.82, 2.24) is 0 Å². The Kier molecular flexibility index (Phi) is 4.05.